The number of nitrogens with one attached hydrogen (secondary N) is 1. The van der Waals surface area contributed by atoms with Gasteiger partial charge >= 0.3 is 0 Å². The van der Waals surface area contributed by atoms with Gasteiger partial charge in [0.2, 0.25) is 5.91 Å². The fourth-order valence-corrected chi connectivity index (χ4v) is 2.79. The Balaban J connectivity index is 2.85. The molecule has 7 heteroatoms. The first-order valence-electron chi connectivity index (χ1n) is 2.82. The molecule has 1 fully saturated rings. The van der Waals surface area contributed by atoms with Crippen LogP contribution in [-0.4, -0.2) is 28.2 Å². The van der Waals surface area contributed by atoms with E-state index in [-0.39, 0.29) is 10.5 Å². The van der Waals surface area contributed by atoms with Crippen molar-refractivity contribution in [2.24, 2.45) is 0 Å². The molecule has 2 atom stereocenters. The maximum atomic E-state index is 10.8. The molecule has 0 saturated carbocycles. The summed E-state index contributed by atoms with van der Waals surface area (Å²) < 4.78 is 29.3. The number of halogens is 1. The van der Waals surface area contributed by atoms with Gasteiger partial charge in [0.05, 0.1) is 4.05 Å². The molecule has 0 bridgehead atoms. The van der Waals surface area contributed by atoms with Gasteiger partial charge in [-0.2, -0.15) is 8.42 Å². The number of amides is 1. The van der Waals surface area contributed by atoms with E-state index in [9.17, 15) is 13.2 Å². The van der Waals surface area contributed by atoms with Gasteiger partial charge in [-0.3, -0.25) is 9.35 Å². The van der Waals surface area contributed by atoms with Crippen LogP contribution in [0.15, 0.2) is 0 Å². The van der Waals surface area contributed by atoms with Crippen LogP contribution in [0.3, 0.4) is 0 Å². The van der Waals surface area contributed by atoms with E-state index in [0.29, 0.717) is 0 Å². The molecule has 0 aromatic rings. The van der Waals surface area contributed by atoms with Crippen molar-refractivity contribution in [1.82, 2.24) is 5.32 Å². The Morgan fingerprint density at radius 3 is 2.36 bits per heavy atom. The summed E-state index contributed by atoms with van der Waals surface area (Å²) in [5, 5.41) is 1.11. The lowest BCUT2D eigenvalue weighted by Crippen LogP contribution is -2.30. The van der Waals surface area contributed by atoms with Gasteiger partial charge < -0.3 is 5.32 Å². The third-order valence-corrected chi connectivity index (χ3v) is 3.32. The molecule has 2 unspecified atom stereocenters. The van der Waals surface area contributed by atoms with Crippen LogP contribution in [0.4, 0.5) is 0 Å². The zero-order chi connectivity index (χ0) is 8.65. The lowest BCUT2D eigenvalue weighted by molar-refractivity contribution is -0.118. The molecule has 0 radical (unpaired) electrons. The lowest BCUT2D eigenvalue weighted by atomic mass is 10.4. The highest BCUT2D eigenvalue weighted by Crippen LogP contribution is 2.18. The minimum Gasteiger partial charge on any atom is -0.343 e. The summed E-state index contributed by atoms with van der Waals surface area (Å²) in [6.07, 6.45) is 0.137. The minimum absolute atomic E-state index is 0.137. The molecular weight excluding hydrogens is 285 g/mol. The van der Waals surface area contributed by atoms with Gasteiger partial charge in [0.1, 0.15) is 0 Å². The van der Waals surface area contributed by atoms with Crippen molar-refractivity contribution in [3.63, 3.8) is 0 Å². The van der Waals surface area contributed by atoms with Crippen molar-refractivity contribution in [3.05, 3.63) is 0 Å². The molecule has 11 heavy (non-hydrogen) atoms. The van der Waals surface area contributed by atoms with Crippen LogP contribution >= 0.6 is 22.6 Å². The fraction of sp³-hybridized carbons (Fsp3) is 0.750. The number of carbonyl (C=O) groups excluding carboxylic acids is 1. The summed E-state index contributed by atoms with van der Waals surface area (Å²) in [6, 6.07) is 0. The molecule has 1 aliphatic rings. The Bertz CT molecular complexity index is 274. The van der Waals surface area contributed by atoms with Crippen LogP contribution in [0.5, 0.6) is 0 Å². The first-order chi connectivity index (χ1) is 4.91. The van der Waals surface area contributed by atoms with Gasteiger partial charge in [-0.25, -0.2) is 0 Å². The molecule has 0 aromatic heterocycles. The summed E-state index contributed by atoms with van der Waals surface area (Å²) in [5.74, 6) is -0.619. The quantitative estimate of drug-likeness (QED) is 0.296. The molecule has 0 spiro atoms. The van der Waals surface area contributed by atoms with Crippen molar-refractivity contribution >= 4 is 38.6 Å². The fourth-order valence-electron chi connectivity index (χ4n) is 0.858. The molecule has 1 saturated heterocycles. The Kier molecular flexibility index (Phi) is 2.40. The van der Waals surface area contributed by atoms with E-state index < -0.39 is 21.3 Å². The largest absolute Gasteiger partial charge is 0.343 e. The van der Waals surface area contributed by atoms with E-state index >= 15 is 0 Å². The van der Waals surface area contributed by atoms with Crippen LogP contribution in [0.2, 0.25) is 0 Å². The molecule has 1 heterocycles. The number of hydrogen-bond donors (Lipinski definition) is 2. The molecule has 1 rings (SSSR count). The van der Waals surface area contributed by atoms with Crippen molar-refractivity contribution in [2.75, 3.05) is 0 Å². The zero-order valence-electron chi connectivity index (χ0n) is 5.32. The monoisotopic (exact) mass is 291 g/mol. The highest BCUT2D eigenvalue weighted by molar-refractivity contribution is 14.1. The predicted octanol–water partition coefficient (Wildman–Crippen LogP) is -0.476. The predicted molar refractivity (Wildman–Crippen MR) is 45.9 cm³/mol. The first-order valence-corrected chi connectivity index (χ1v) is 5.57. The second kappa shape index (κ2) is 2.87. The number of hydrogen-bond acceptors (Lipinski definition) is 3. The molecule has 1 aliphatic heterocycles. The number of alkyl halides is 1. The van der Waals surface area contributed by atoms with Gasteiger partial charge in [0, 0.05) is 6.42 Å². The highest BCUT2D eigenvalue weighted by atomic mass is 127. The molecule has 0 aliphatic carbocycles. The van der Waals surface area contributed by atoms with Gasteiger partial charge in [0.15, 0.2) is 5.25 Å². The third kappa shape index (κ3) is 2.03. The second-order valence-corrected chi connectivity index (χ2v) is 5.32. The Labute approximate surface area is 77.4 Å². The van der Waals surface area contributed by atoms with Crippen LogP contribution in [0.25, 0.3) is 0 Å². The molecule has 5 nitrogen and oxygen atoms in total. The molecule has 64 valence electrons. The summed E-state index contributed by atoms with van der Waals surface area (Å²) in [6.45, 7) is 0. The summed E-state index contributed by atoms with van der Waals surface area (Å²) in [5.41, 5.74) is 0. The third-order valence-electron chi connectivity index (χ3n) is 1.37. The summed E-state index contributed by atoms with van der Waals surface area (Å²) >= 11 is 1.89. The van der Waals surface area contributed by atoms with E-state index in [1.807, 2.05) is 22.6 Å². The van der Waals surface area contributed by atoms with Crippen LogP contribution in [0, 0.1) is 0 Å². The topological polar surface area (TPSA) is 83.5 Å². The molecule has 1 amide bonds. The standard InChI is InChI=1S/C4H6INO4S/c5-3-1-2(4(7)6-3)11(8,9)10/h2-3H,1H2,(H,6,7)(H,8,9,10). The SMILES string of the molecule is O=C1NC(I)CC1S(=O)(=O)O. The van der Waals surface area contributed by atoms with Crippen molar-refractivity contribution < 1.29 is 17.8 Å². The van der Waals surface area contributed by atoms with E-state index in [2.05, 4.69) is 5.32 Å². The normalized spacial score (nSPS) is 32.0. The summed E-state index contributed by atoms with van der Waals surface area (Å²) in [4.78, 5) is 10.8. The van der Waals surface area contributed by atoms with E-state index in [1.54, 1.807) is 0 Å². The summed E-state index contributed by atoms with van der Waals surface area (Å²) in [7, 11) is -4.20. The van der Waals surface area contributed by atoms with Crippen LogP contribution < -0.4 is 5.32 Å². The van der Waals surface area contributed by atoms with Crippen LogP contribution in [0.1, 0.15) is 6.42 Å². The van der Waals surface area contributed by atoms with Gasteiger partial charge in [-0.05, 0) is 0 Å². The first kappa shape index (κ1) is 9.20. The zero-order valence-corrected chi connectivity index (χ0v) is 8.29. The van der Waals surface area contributed by atoms with E-state index in [1.165, 1.54) is 0 Å². The number of carbonyl (C=O) groups is 1. The van der Waals surface area contributed by atoms with Crippen molar-refractivity contribution in [2.45, 2.75) is 15.7 Å². The van der Waals surface area contributed by atoms with E-state index in [0.717, 1.165) is 0 Å². The average molecular weight is 291 g/mol. The Morgan fingerprint density at radius 2 is 2.18 bits per heavy atom. The molecule has 2 N–H and O–H groups in total. The van der Waals surface area contributed by atoms with Crippen LogP contribution in [-0.2, 0) is 14.9 Å². The second-order valence-electron chi connectivity index (χ2n) is 2.22. The number of rotatable bonds is 1. The highest BCUT2D eigenvalue weighted by Gasteiger charge is 2.39. The molecule has 0 aromatic carbocycles. The van der Waals surface area contributed by atoms with Crippen molar-refractivity contribution in [3.8, 4) is 0 Å². The minimum atomic E-state index is -4.20. The molecular formula is C4H6INO4S. The van der Waals surface area contributed by atoms with Crippen molar-refractivity contribution in [1.29, 1.82) is 0 Å². The van der Waals surface area contributed by atoms with Gasteiger partial charge in [0.25, 0.3) is 10.1 Å². The van der Waals surface area contributed by atoms with Gasteiger partial charge in [-0.15, -0.1) is 0 Å². The Hall–Kier alpha value is 0.110. The lowest BCUT2D eigenvalue weighted by Gasteiger charge is -1.99. The smallest absolute Gasteiger partial charge is 0.277 e. The van der Waals surface area contributed by atoms with E-state index in [4.69, 9.17) is 4.55 Å². The maximum Gasteiger partial charge on any atom is 0.277 e. The van der Waals surface area contributed by atoms with Gasteiger partial charge in [-0.1, -0.05) is 22.6 Å². The average Bonchev–Trinajstić information content (AvgIpc) is 2.08. The Morgan fingerprint density at radius 1 is 1.64 bits per heavy atom. The maximum absolute atomic E-state index is 10.8.